The number of rotatable bonds is 4. The molecule has 0 aliphatic carbocycles. The van der Waals surface area contributed by atoms with Crippen LogP contribution in [0.15, 0.2) is 48.5 Å². The van der Waals surface area contributed by atoms with E-state index in [1.54, 1.807) is 7.11 Å². The van der Waals surface area contributed by atoms with Gasteiger partial charge in [-0.25, -0.2) is 0 Å². The predicted octanol–water partition coefficient (Wildman–Crippen LogP) is 4.98. The van der Waals surface area contributed by atoms with Crippen molar-refractivity contribution < 1.29 is 4.74 Å². The van der Waals surface area contributed by atoms with Gasteiger partial charge in [-0.15, -0.1) is 0 Å². The summed E-state index contributed by atoms with van der Waals surface area (Å²) in [6, 6.07) is 16.7. The van der Waals surface area contributed by atoms with Crippen molar-refractivity contribution in [3.05, 3.63) is 63.2 Å². The molecular weight excluding hydrogens is 403 g/mol. The van der Waals surface area contributed by atoms with Crippen LogP contribution in [-0.2, 0) is 6.42 Å². The highest BCUT2D eigenvalue weighted by atomic mass is 127. The van der Waals surface area contributed by atoms with E-state index in [4.69, 9.17) is 4.74 Å². The first kappa shape index (κ1) is 13.9. The van der Waals surface area contributed by atoms with Gasteiger partial charge in [-0.2, -0.15) is 0 Å². The standard InChI is InChI=1S/C15H14BrIO/c1-18-12-8-6-11(7-9-12)10-14(16)13-4-2-3-5-15(13)17/h2-9,14H,10H2,1H3. The first-order chi connectivity index (χ1) is 8.70. The molecule has 2 rings (SSSR count). The maximum Gasteiger partial charge on any atom is 0.118 e. The molecule has 2 aromatic rings. The number of benzene rings is 2. The Kier molecular flexibility index (Phi) is 5.06. The number of alkyl halides is 1. The molecular formula is C15H14BrIO. The van der Waals surface area contributed by atoms with E-state index < -0.39 is 0 Å². The molecule has 0 aliphatic rings. The van der Waals surface area contributed by atoms with E-state index in [2.05, 4.69) is 74.9 Å². The van der Waals surface area contributed by atoms with Crippen molar-refractivity contribution in [1.29, 1.82) is 0 Å². The minimum atomic E-state index is 0.346. The Bertz CT molecular complexity index is 510. The number of hydrogen-bond donors (Lipinski definition) is 0. The lowest BCUT2D eigenvalue weighted by molar-refractivity contribution is 0.414. The van der Waals surface area contributed by atoms with Gasteiger partial charge >= 0.3 is 0 Å². The molecule has 0 aromatic heterocycles. The fourth-order valence-corrected chi connectivity index (χ4v) is 3.77. The van der Waals surface area contributed by atoms with Crippen LogP contribution in [0.5, 0.6) is 5.75 Å². The van der Waals surface area contributed by atoms with Gasteiger partial charge in [-0.3, -0.25) is 0 Å². The molecule has 0 spiro atoms. The van der Waals surface area contributed by atoms with Crippen LogP contribution in [-0.4, -0.2) is 7.11 Å². The minimum Gasteiger partial charge on any atom is -0.497 e. The molecule has 0 saturated carbocycles. The molecule has 0 N–H and O–H groups in total. The summed E-state index contributed by atoms with van der Waals surface area (Å²) in [6.07, 6.45) is 0.976. The average Bonchev–Trinajstić information content (AvgIpc) is 2.40. The smallest absolute Gasteiger partial charge is 0.118 e. The SMILES string of the molecule is COc1ccc(CC(Br)c2ccccc2I)cc1. The van der Waals surface area contributed by atoms with E-state index in [0.29, 0.717) is 4.83 Å². The van der Waals surface area contributed by atoms with Crippen LogP contribution < -0.4 is 4.74 Å². The van der Waals surface area contributed by atoms with Crippen molar-refractivity contribution in [2.45, 2.75) is 11.2 Å². The summed E-state index contributed by atoms with van der Waals surface area (Å²) < 4.78 is 6.46. The van der Waals surface area contributed by atoms with Crippen molar-refractivity contribution in [2.75, 3.05) is 7.11 Å². The molecule has 0 heterocycles. The van der Waals surface area contributed by atoms with Crippen LogP contribution in [0.1, 0.15) is 16.0 Å². The van der Waals surface area contributed by atoms with Crippen LogP contribution in [0, 0.1) is 3.57 Å². The number of halogens is 2. The second-order valence-electron chi connectivity index (χ2n) is 4.04. The maximum atomic E-state index is 5.16. The Labute approximate surface area is 130 Å². The van der Waals surface area contributed by atoms with E-state index in [-0.39, 0.29) is 0 Å². The first-order valence-corrected chi connectivity index (χ1v) is 7.71. The van der Waals surface area contributed by atoms with Gasteiger partial charge in [0.15, 0.2) is 0 Å². The Morgan fingerprint density at radius 3 is 2.39 bits per heavy atom. The molecule has 0 fully saturated rings. The summed E-state index contributed by atoms with van der Waals surface area (Å²) in [6.45, 7) is 0. The lowest BCUT2D eigenvalue weighted by atomic mass is 10.0. The Morgan fingerprint density at radius 2 is 1.78 bits per heavy atom. The zero-order chi connectivity index (χ0) is 13.0. The maximum absolute atomic E-state index is 5.16. The first-order valence-electron chi connectivity index (χ1n) is 5.72. The van der Waals surface area contributed by atoms with E-state index in [1.807, 2.05) is 12.1 Å². The van der Waals surface area contributed by atoms with Gasteiger partial charge in [0, 0.05) is 8.40 Å². The number of hydrogen-bond acceptors (Lipinski definition) is 1. The monoisotopic (exact) mass is 416 g/mol. The van der Waals surface area contributed by atoms with E-state index in [1.165, 1.54) is 14.7 Å². The fourth-order valence-electron chi connectivity index (χ4n) is 1.81. The topological polar surface area (TPSA) is 9.23 Å². The minimum absolute atomic E-state index is 0.346. The third kappa shape index (κ3) is 3.48. The zero-order valence-electron chi connectivity index (χ0n) is 10.1. The normalized spacial score (nSPS) is 12.2. The van der Waals surface area contributed by atoms with Gasteiger partial charge in [0.05, 0.1) is 7.11 Å². The lowest BCUT2D eigenvalue weighted by Crippen LogP contribution is -1.97. The molecule has 1 unspecified atom stereocenters. The Morgan fingerprint density at radius 1 is 1.11 bits per heavy atom. The highest BCUT2D eigenvalue weighted by Gasteiger charge is 2.11. The van der Waals surface area contributed by atoms with E-state index >= 15 is 0 Å². The zero-order valence-corrected chi connectivity index (χ0v) is 13.8. The van der Waals surface area contributed by atoms with Crippen molar-refractivity contribution >= 4 is 38.5 Å². The number of methoxy groups -OCH3 is 1. The Hall–Kier alpha value is -0.550. The van der Waals surface area contributed by atoms with Crippen molar-refractivity contribution in [2.24, 2.45) is 0 Å². The molecule has 0 bridgehead atoms. The fraction of sp³-hybridized carbons (Fsp3) is 0.200. The molecule has 1 nitrogen and oxygen atoms in total. The van der Waals surface area contributed by atoms with E-state index in [9.17, 15) is 0 Å². The van der Waals surface area contributed by atoms with Gasteiger partial charge < -0.3 is 4.74 Å². The van der Waals surface area contributed by atoms with Crippen LogP contribution in [0.25, 0.3) is 0 Å². The summed E-state index contributed by atoms with van der Waals surface area (Å²) >= 11 is 6.15. The van der Waals surface area contributed by atoms with Gasteiger partial charge in [0.25, 0.3) is 0 Å². The number of ether oxygens (including phenoxy) is 1. The van der Waals surface area contributed by atoms with Gasteiger partial charge in [0.2, 0.25) is 0 Å². The molecule has 1 atom stereocenters. The summed E-state index contributed by atoms with van der Waals surface area (Å²) in [5.41, 5.74) is 2.64. The van der Waals surface area contributed by atoms with Gasteiger partial charge in [-0.05, 0) is 58.3 Å². The van der Waals surface area contributed by atoms with Crippen molar-refractivity contribution in [3.8, 4) is 5.75 Å². The quantitative estimate of drug-likeness (QED) is 0.504. The molecule has 0 radical (unpaired) electrons. The summed E-state index contributed by atoms with van der Waals surface area (Å²) in [7, 11) is 1.69. The summed E-state index contributed by atoms with van der Waals surface area (Å²) in [5.74, 6) is 0.902. The molecule has 0 aliphatic heterocycles. The molecule has 94 valence electrons. The molecule has 3 heteroatoms. The lowest BCUT2D eigenvalue weighted by Gasteiger charge is -2.12. The van der Waals surface area contributed by atoms with Crippen LogP contribution in [0.4, 0.5) is 0 Å². The predicted molar refractivity (Wildman–Crippen MR) is 87.5 cm³/mol. The van der Waals surface area contributed by atoms with Crippen LogP contribution in [0.2, 0.25) is 0 Å². The second kappa shape index (κ2) is 6.57. The summed E-state index contributed by atoms with van der Waals surface area (Å²) in [5, 5.41) is 0. The molecule has 18 heavy (non-hydrogen) atoms. The summed E-state index contributed by atoms with van der Waals surface area (Å²) in [4.78, 5) is 0.346. The average molecular weight is 417 g/mol. The van der Waals surface area contributed by atoms with Crippen LogP contribution in [0.3, 0.4) is 0 Å². The molecule has 2 aromatic carbocycles. The Balaban J connectivity index is 2.11. The molecule has 0 amide bonds. The third-order valence-corrected chi connectivity index (χ3v) is 4.62. The second-order valence-corrected chi connectivity index (χ2v) is 6.31. The highest BCUT2D eigenvalue weighted by Crippen LogP contribution is 2.30. The van der Waals surface area contributed by atoms with E-state index in [0.717, 1.165) is 12.2 Å². The largest absolute Gasteiger partial charge is 0.497 e. The van der Waals surface area contributed by atoms with Gasteiger partial charge in [0.1, 0.15) is 5.75 Å². The highest BCUT2D eigenvalue weighted by molar-refractivity contribution is 14.1. The van der Waals surface area contributed by atoms with Gasteiger partial charge in [-0.1, -0.05) is 46.3 Å². The van der Waals surface area contributed by atoms with Crippen molar-refractivity contribution in [3.63, 3.8) is 0 Å². The van der Waals surface area contributed by atoms with Crippen molar-refractivity contribution in [1.82, 2.24) is 0 Å². The van der Waals surface area contributed by atoms with Crippen LogP contribution >= 0.6 is 38.5 Å². The molecule has 0 saturated heterocycles. The third-order valence-electron chi connectivity index (χ3n) is 2.82.